The summed E-state index contributed by atoms with van der Waals surface area (Å²) in [6.45, 7) is 10.6. The number of amides is 1. The summed E-state index contributed by atoms with van der Waals surface area (Å²) in [7, 11) is 0. The summed E-state index contributed by atoms with van der Waals surface area (Å²) in [6.07, 6.45) is 5.23. The maximum absolute atomic E-state index is 13.0. The van der Waals surface area contributed by atoms with Gasteiger partial charge in [-0.15, -0.1) is 0 Å². The van der Waals surface area contributed by atoms with Crippen LogP contribution in [0.25, 0.3) is 0 Å². The Balaban J connectivity index is 1.90. The Kier molecular flexibility index (Phi) is 4.60. The van der Waals surface area contributed by atoms with E-state index in [2.05, 4.69) is 13.8 Å². The molecule has 3 aliphatic carbocycles. The van der Waals surface area contributed by atoms with E-state index in [1.54, 1.807) is 6.08 Å². The molecule has 4 rings (SSSR count). The van der Waals surface area contributed by atoms with Gasteiger partial charge < -0.3 is 10.2 Å². The number of hydrogen-bond donors (Lipinski definition) is 2. The number of allylic oxidation sites excluding steroid dienone is 2. The molecule has 6 heteroatoms. The molecule has 0 radical (unpaired) electrons. The molecular formula is C24H36NO5+. The van der Waals surface area contributed by atoms with Crippen LogP contribution in [0.5, 0.6) is 0 Å². The Morgan fingerprint density at radius 3 is 2.30 bits per heavy atom. The summed E-state index contributed by atoms with van der Waals surface area (Å²) in [5.41, 5.74) is -0.455. The second-order valence-electron chi connectivity index (χ2n) is 11.7. The number of ketones is 1. The first-order chi connectivity index (χ1) is 13.8. The number of quaternary nitrogens is 1. The Hall–Kier alpha value is -1.69. The third-order valence-electron chi connectivity index (χ3n) is 9.69. The van der Waals surface area contributed by atoms with Crippen LogP contribution in [-0.4, -0.2) is 44.6 Å². The molecule has 1 amide bonds. The zero-order chi connectivity index (χ0) is 22.3. The lowest BCUT2D eigenvalue weighted by atomic mass is 9.48. The van der Waals surface area contributed by atoms with E-state index in [9.17, 15) is 24.6 Å². The van der Waals surface area contributed by atoms with Crippen LogP contribution in [0.1, 0.15) is 73.1 Å². The molecule has 0 spiro atoms. The highest BCUT2D eigenvalue weighted by atomic mass is 16.4. The van der Waals surface area contributed by atoms with Gasteiger partial charge in [0.25, 0.3) is 0 Å². The molecular weight excluding hydrogens is 382 g/mol. The zero-order valence-electron chi connectivity index (χ0n) is 18.9. The molecule has 0 aromatic carbocycles. The maximum atomic E-state index is 13.0. The highest BCUT2D eigenvalue weighted by molar-refractivity contribution is 5.91. The fourth-order valence-electron chi connectivity index (χ4n) is 8.08. The Labute approximate surface area is 178 Å². The normalized spacial score (nSPS) is 45.8. The van der Waals surface area contributed by atoms with Crippen LogP contribution >= 0.6 is 0 Å². The Morgan fingerprint density at radius 2 is 1.73 bits per heavy atom. The largest absolute Gasteiger partial charge is 0.518 e. The van der Waals surface area contributed by atoms with Crippen molar-refractivity contribution in [3.05, 3.63) is 11.8 Å². The third-order valence-corrected chi connectivity index (χ3v) is 9.69. The predicted octanol–water partition coefficient (Wildman–Crippen LogP) is 4.69. The fraction of sp³-hybridized carbons (Fsp3) is 0.792. The lowest BCUT2D eigenvalue weighted by molar-refractivity contribution is -0.885. The molecule has 166 valence electrons. The maximum Gasteiger partial charge on any atom is 0.518 e. The van der Waals surface area contributed by atoms with E-state index >= 15 is 0 Å². The summed E-state index contributed by atoms with van der Waals surface area (Å²) in [5, 5.41) is 20.5. The number of likely N-dealkylation sites (tertiary alicyclic amines) is 1. The van der Waals surface area contributed by atoms with E-state index in [1.165, 1.54) is 0 Å². The van der Waals surface area contributed by atoms with Crippen molar-refractivity contribution >= 4 is 17.8 Å². The number of piperidine rings is 1. The van der Waals surface area contributed by atoms with E-state index in [-0.39, 0.29) is 38.8 Å². The van der Waals surface area contributed by atoms with E-state index in [0.29, 0.717) is 31.7 Å². The third kappa shape index (κ3) is 2.55. The molecule has 3 fully saturated rings. The number of carbonyl (C=O) groups excluding carboxylic acids is 1. The number of hydrogen-bond acceptors (Lipinski definition) is 3. The summed E-state index contributed by atoms with van der Waals surface area (Å²) in [4.78, 5) is 37.4. The molecule has 0 bridgehead atoms. The second kappa shape index (κ2) is 6.41. The van der Waals surface area contributed by atoms with Crippen molar-refractivity contribution < 1.29 is 29.1 Å². The van der Waals surface area contributed by atoms with Gasteiger partial charge in [0.05, 0.1) is 12.5 Å². The van der Waals surface area contributed by atoms with E-state index in [1.807, 2.05) is 20.8 Å². The number of nitrogens with zero attached hydrogens (tertiary/aromatic N) is 1. The van der Waals surface area contributed by atoms with Crippen molar-refractivity contribution in [2.45, 2.75) is 78.7 Å². The van der Waals surface area contributed by atoms with Gasteiger partial charge in [0.1, 0.15) is 11.2 Å². The van der Waals surface area contributed by atoms with Gasteiger partial charge in [-0.3, -0.25) is 9.59 Å². The molecule has 6 nitrogen and oxygen atoms in total. The van der Waals surface area contributed by atoms with Gasteiger partial charge in [0, 0.05) is 23.8 Å². The number of fused-ring (bicyclic) bond motifs is 5. The number of rotatable bonds is 1. The van der Waals surface area contributed by atoms with Gasteiger partial charge in [-0.1, -0.05) is 13.8 Å². The van der Waals surface area contributed by atoms with Crippen molar-refractivity contribution in [3.63, 3.8) is 0 Å². The molecule has 7 atom stereocenters. The number of aliphatic carboxylic acids is 1. The molecule has 30 heavy (non-hydrogen) atoms. The first kappa shape index (κ1) is 21.5. The van der Waals surface area contributed by atoms with Crippen LogP contribution in [0.2, 0.25) is 0 Å². The highest BCUT2D eigenvalue weighted by Crippen LogP contribution is 2.67. The standard InChI is InChI=1S/C24H35NO5/c1-22(2,3)25(21(29)30)13-15-16-6-7-18(20(27)28)23(16,4)11-9-17(15)24(5)10-8-14(26)12-19(24)25/h12,15-18H,6-11,13H2,1-5H3,(H-,27,28,29,30)/p+1/t15-,16-,17-,18?,23-,24+,25?/m0/s1. The summed E-state index contributed by atoms with van der Waals surface area (Å²) in [6, 6.07) is 0. The van der Waals surface area contributed by atoms with Crippen molar-refractivity contribution in [2.75, 3.05) is 6.54 Å². The minimum Gasteiger partial charge on any atom is -0.481 e. The quantitative estimate of drug-likeness (QED) is 0.603. The smallest absolute Gasteiger partial charge is 0.481 e. The lowest BCUT2D eigenvalue weighted by Gasteiger charge is -2.63. The van der Waals surface area contributed by atoms with E-state index < -0.39 is 17.6 Å². The van der Waals surface area contributed by atoms with Gasteiger partial charge >= 0.3 is 12.1 Å². The number of carboxylic acid groups (broad SMARTS) is 2. The Morgan fingerprint density at radius 1 is 1.07 bits per heavy atom. The molecule has 0 aromatic heterocycles. The average Bonchev–Trinajstić information content (AvgIpc) is 2.98. The first-order valence-electron chi connectivity index (χ1n) is 11.4. The predicted molar refractivity (Wildman–Crippen MR) is 112 cm³/mol. The van der Waals surface area contributed by atoms with Gasteiger partial charge in [-0.2, -0.15) is 9.28 Å². The van der Waals surface area contributed by atoms with E-state index in [4.69, 9.17) is 0 Å². The van der Waals surface area contributed by atoms with Crippen LogP contribution in [-0.2, 0) is 9.59 Å². The van der Waals surface area contributed by atoms with Gasteiger partial charge in [0.15, 0.2) is 5.78 Å². The molecule has 0 aromatic rings. The van der Waals surface area contributed by atoms with Gasteiger partial charge in [-0.25, -0.2) is 0 Å². The summed E-state index contributed by atoms with van der Waals surface area (Å²) < 4.78 is -0.208. The molecule has 4 aliphatic rings. The Bertz CT molecular complexity index is 841. The van der Waals surface area contributed by atoms with Crippen LogP contribution < -0.4 is 0 Å². The minimum atomic E-state index is -0.895. The van der Waals surface area contributed by atoms with Crippen LogP contribution in [0, 0.1) is 34.5 Å². The molecule has 1 heterocycles. The second-order valence-corrected chi connectivity index (χ2v) is 11.7. The minimum absolute atomic E-state index is 0.0291. The average molecular weight is 419 g/mol. The van der Waals surface area contributed by atoms with Crippen LogP contribution in [0.3, 0.4) is 0 Å². The summed E-state index contributed by atoms with van der Waals surface area (Å²) in [5.74, 6) is -0.357. The van der Waals surface area contributed by atoms with E-state index in [0.717, 1.165) is 25.0 Å². The topological polar surface area (TPSA) is 91.7 Å². The zero-order valence-corrected chi connectivity index (χ0v) is 18.9. The highest BCUT2D eigenvalue weighted by Gasteiger charge is 2.70. The number of carbonyl (C=O) groups is 3. The summed E-state index contributed by atoms with van der Waals surface area (Å²) >= 11 is 0. The van der Waals surface area contributed by atoms with Crippen molar-refractivity contribution in [1.82, 2.24) is 0 Å². The number of carboxylic acids is 1. The molecule has 1 aliphatic heterocycles. The molecule has 2 unspecified atom stereocenters. The monoisotopic (exact) mass is 418 g/mol. The van der Waals surface area contributed by atoms with Crippen molar-refractivity contribution in [2.24, 2.45) is 34.5 Å². The van der Waals surface area contributed by atoms with Crippen molar-refractivity contribution in [3.8, 4) is 0 Å². The molecule has 2 saturated carbocycles. The fourth-order valence-corrected chi connectivity index (χ4v) is 8.08. The van der Waals surface area contributed by atoms with Gasteiger partial charge in [-0.05, 0) is 70.1 Å². The SMILES string of the molecule is CC(C)(C)[N+]1(C(=O)O)C[C@@H]2[C@H](CC[C@]3(C)C(C(=O)O)CC[C@@H]23)[C@@]2(C)CCC(=O)C=C21. The van der Waals surface area contributed by atoms with Crippen LogP contribution in [0.4, 0.5) is 4.79 Å². The first-order valence-corrected chi connectivity index (χ1v) is 11.4. The lowest BCUT2D eigenvalue weighted by Crippen LogP contribution is -2.72. The molecule has 1 saturated heterocycles. The van der Waals surface area contributed by atoms with Crippen molar-refractivity contribution in [1.29, 1.82) is 0 Å². The molecule has 2 N–H and O–H groups in total. The van der Waals surface area contributed by atoms with Gasteiger partial charge in [0.2, 0.25) is 0 Å². The van der Waals surface area contributed by atoms with Crippen LogP contribution in [0.15, 0.2) is 11.8 Å².